The van der Waals surface area contributed by atoms with Crippen LogP contribution in [-0.2, 0) is 0 Å². The number of hydrogen-bond acceptors (Lipinski definition) is 1. The average Bonchev–Trinajstić information content (AvgIpc) is 2.81. The maximum absolute atomic E-state index is 2.27. The lowest BCUT2D eigenvalue weighted by atomic mass is 10.0. The van der Waals surface area contributed by atoms with Crippen molar-refractivity contribution in [3.05, 3.63) is 34.2 Å². The van der Waals surface area contributed by atoms with Crippen molar-refractivity contribution >= 4 is 21.4 Å². The van der Waals surface area contributed by atoms with E-state index in [-0.39, 0.29) is 0 Å². The lowest BCUT2D eigenvalue weighted by Gasteiger charge is -2.03. The first kappa shape index (κ1) is 15.2. The van der Waals surface area contributed by atoms with E-state index in [1.807, 2.05) is 39.0 Å². The molecule has 1 heterocycles. The molecule has 90 valence electrons. The van der Waals surface area contributed by atoms with Crippen LogP contribution in [-0.4, -0.2) is 0 Å². The summed E-state index contributed by atoms with van der Waals surface area (Å²) in [5.41, 5.74) is 4.23. The van der Waals surface area contributed by atoms with Gasteiger partial charge in [0.05, 0.1) is 0 Å². The minimum Gasteiger partial charge on any atom is -0.144 e. The minimum absolute atomic E-state index is 1.40. The number of thiophene rings is 1. The first-order valence-corrected chi connectivity index (χ1v) is 7.02. The van der Waals surface area contributed by atoms with Crippen molar-refractivity contribution in [2.24, 2.45) is 0 Å². The van der Waals surface area contributed by atoms with E-state index in [4.69, 9.17) is 0 Å². The fraction of sp³-hybridized carbons (Fsp3) is 0.467. The molecule has 16 heavy (non-hydrogen) atoms. The number of aryl methyl sites for hydroxylation is 3. The van der Waals surface area contributed by atoms with Crippen LogP contribution < -0.4 is 0 Å². The van der Waals surface area contributed by atoms with Gasteiger partial charge in [-0.15, -0.1) is 11.3 Å². The van der Waals surface area contributed by atoms with Crippen molar-refractivity contribution in [3.8, 4) is 0 Å². The monoisotopic (exact) mass is 236 g/mol. The Morgan fingerprint density at radius 1 is 0.875 bits per heavy atom. The van der Waals surface area contributed by atoms with Gasteiger partial charge in [0.25, 0.3) is 0 Å². The Kier molecular flexibility index (Phi) is 7.07. The van der Waals surface area contributed by atoms with Gasteiger partial charge in [-0.2, -0.15) is 0 Å². The topological polar surface area (TPSA) is 0 Å². The first-order valence-electron chi connectivity index (χ1n) is 6.14. The second-order valence-electron chi connectivity index (χ2n) is 3.30. The van der Waals surface area contributed by atoms with Crippen molar-refractivity contribution in [1.82, 2.24) is 0 Å². The Hall–Kier alpha value is -0.820. The molecule has 0 aliphatic rings. The molecule has 1 aromatic carbocycles. The van der Waals surface area contributed by atoms with Gasteiger partial charge in [-0.1, -0.05) is 33.8 Å². The van der Waals surface area contributed by atoms with Crippen molar-refractivity contribution < 1.29 is 0 Å². The van der Waals surface area contributed by atoms with E-state index in [1.54, 1.807) is 0 Å². The first-order chi connectivity index (χ1) is 7.70. The van der Waals surface area contributed by atoms with Gasteiger partial charge < -0.3 is 0 Å². The quantitative estimate of drug-likeness (QED) is 0.536. The van der Waals surface area contributed by atoms with E-state index in [0.717, 1.165) is 0 Å². The molecule has 0 spiro atoms. The number of rotatable bonds is 0. The molecular weight excluding hydrogens is 212 g/mol. The molecule has 0 unspecified atom stereocenters. The van der Waals surface area contributed by atoms with Crippen LogP contribution in [0.25, 0.3) is 10.1 Å². The van der Waals surface area contributed by atoms with Gasteiger partial charge in [-0.05, 0) is 54.3 Å². The van der Waals surface area contributed by atoms with Crippen LogP contribution in [0, 0.1) is 20.8 Å². The predicted molar refractivity (Wildman–Crippen MR) is 78.7 cm³/mol. The summed E-state index contributed by atoms with van der Waals surface area (Å²) in [6, 6.07) is 4.49. The van der Waals surface area contributed by atoms with Crippen molar-refractivity contribution in [1.29, 1.82) is 0 Å². The van der Waals surface area contributed by atoms with Crippen LogP contribution >= 0.6 is 11.3 Å². The van der Waals surface area contributed by atoms with Gasteiger partial charge in [0, 0.05) is 4.70 Å². The van der Waals surface area contributed by atoms with Gasteiger partial charge in [0.15, 0.2) is 0 Å². The molecule has 2 aromatic rings. The normalized spacial score (nSPS) is 8.94. The molecule has 0 nitrogen and oxygen atoms in total. The molecule has 1 heteroatoms. The van der Waals surface area contributed by atoms with Crippen LogP contribution in [0.4, 0.5) is 0 Å². The van der Waals surface area contributed by atoms with E-state index in [1.165, 1.54) is 26.8 Å². The number of benzene rings is 1. The zero-order valence-electron chi connectivity index (χ0n) is 11.6. The van der Waals surface area contributed by atoms with Gasteiger partial charge in [-0.25, -0.2) is 0 Å². The minimum atomic E-state index is 1.40. The number of fused-ring (bicyclic) bond motifs is 1. The second-order valence-corrected chi connectivity index (χ2v) is 4.21. The summed E-state index contributed by atoms with van der Waals surface area (Å²) in [5, 5.41) is 3.60. The van der Waals surface area contributed by atoms with E-state index < -0.39 is 0 Å². The molecule has 2 rings (SSSR count). The lowest BCUT2D eigenvalue weighted by Crippen LogP contribution is -1.83. The van der Waals surface area contributed by atoms with Crippen LogP contribution in [0.3, 0.4) is 0 Å². The van der Waals surface area contributed by atoms with Crippen LogP contribution in [0.1, 0.15) is 44.4 Å². The highest BCUT2D eigenvalue weighted by atomic mass is 32.1. The summed E-state index contributed by atoms with van der Waals surface area (Å²) < 4.78 is 1.44. The summed E-state index contributed by atoms with van der Waals surface area (Å²) in [6.45, 7) is 14.6. The van der Waals surface area contributed by atoms with Gasteiger partial charge in [0.1, 0.15) is 0 Å². The molecule has 0 atom stereocenters. The summed E-state index contributed by atoms with van der Waals surface area (Å²) in [5.74, 6) is 0. The van der Waals surface area contributed by atoms with Gasteiger partial charge in [0.2, 0.25) is 0 Å². The Labute approximate surface area is 104 Å². The second kappa shape index (κ2) is 7.45. The maximum Gasteiger partial charge on any atom is 0.0374 e. The smallest absolute Gasteiger partial charge is 0.0374 e. The molecule has 0 N–H and O–H groups in total. The zero-order valence-corrected chi connectivity index (χ0v) is 12.5. The van der Waals surface area contributed by atoms with E-state index in [9.17, 15) is 0 Å². The average molecular weight is 236 g/mol. The molecule has 0 bridgehead atoms. The Morgan fingerprint density at radius 3 is 2.00 bits per heavy atom. The highest BCUT2D eigenvalue weighted by Crippen LogP contribution is 2.29. The summed E-state index contributed by atoms with van der Waals surface area (Å²) in [4.78, 5) is 0. The molecule has 0 aliphatic carbocycles. The molecule has 0 amide bonds. The summed E-state index contributed by atoms with van der Waals surface area (Å²) >= 11 is 1.84. The highest BCUT2D eigenvalue weighted by Gasteiger charge is 2.03. The Bertz CT molecular complexity index is 424. The third kappa shape index (κ3) is 3.08. The van der Waals surface area contributed by atoms with Crippen molar-refractivity contribution in [2.75, 3.05) is 0 Å². The fourth-order valence-electron chi connectivity index (χ4n) is 1.62. The lowest BCUT2D eigenvalue weighted by molar-refractivity contribution is 1.35. The van der Waals surface area contributed by atoms with Crippen molar-refractivity contribution in [2.45, 2.75) is 48.5 Å². The van der Waals surface area contributed by atoms with Crippen molar-refractivity contribution in [3.63, 3.8) is 0 Å². The zero-order chi connectivity index (χ0) is 12.7. The highest BCUT2D eigenvalue weighted by molar-refractivity contribution is 7.17. The molecule has 0 radical (unpaired) electrons. The third-order valence-electron chi connectivity index (χ3n) is 2.45. The van der Waals surface area contributed by atoms with Gasteiger partial charge >= 0.3 is 0 Å². The maximum atomic E-state index is 2.27. The molecule has 0 fully saturated rings. The standard InChI is InChI=1S/C11H12S.2C2H6/c1-7-6-8(2)11-10(9(7)3)4-5-12-11;2*1-2/h4-6H,1-3H3;2*1-2H3. The Balaban J connectivity index is 0.000000509. The molecule has 0 saturated carbocycles. The molecule has 1 aromatic heterocycles. The summed E-state index contributed by atoms with van der Waals surface area (Å²) in [6.07, 6.45) is 0. The Morgan fingerprint density at radius 2 is 1.44 bits per heavy atom. The SMILES string of the molecule is CC.CC.Cc1cc(C)c2sccc2c1C. The van der Waals surface area contributed by atoms with Crippen LogP contribution in [0.5, 0.6) is 0 Å². The van der Waals surface area contributed by atoms with E-state index >= 15 is 0 Å². The molecular formula is C15H24S. The van der Waals surface area contributed by atoms with Crippen LogP contribution in [0.2, 0.25) is 0 Å². The van der Waals surface area contributed by atoms with E-state index in [2.05, 4.69) is 38.3 Å². The summed E-state index contributed by atoms with van der Waals surface area (Å²) in [7, 11) is 0. The largest absolute Gasteiger partial charge is 0.144 e. The predicted octanol–water partition coefficient (Wildman–Crippen LogP) is 5.88. The number of hydrogen-bond donors (Lipinski definition) is 0. The van der Waals surface area contributed by atoms with Gasteiger partial charge in [-0.3, -0.25) is 0 Å². The molecule has 0 aliphatic heterocycles. The van der Waals surface area contributed by atoms with E-state index in [0.29, 0.717) is 0 Å². The molecule has 0 saturated heterocycles. The fourth-order valence-corrected chi connectivity index (χ4v) is 2.55. The third-order valence-corrected chi connectivity index (χ3v) is 3.50. The van der Waals surface area contributed by atoms with Crippen LogP contribution in [0.15, 0.2) is 17.5 Å².